The van der Waals surface area contributed by atoms with Crippen LogP contribution in [0.4, 0.5) is 11.4 Å². The van der Waals surface area contributed by atoms with Crippen molar-refractivity contribution in [2.24, 2.45) is 0 Å². The molecule has 246 valence electrons. The Labute approximate surface area is 301 Å². The van der Waals surface area contributed by atoms with E-state index in [4.69, 9.17) is 34.8 Å². The summed E-state index contributed by atoms with van der Waals surface area (Å²) in [7, 11) is 0. The number of aromatic carboxylic acids is 1. The third kappa shape index (κ3) is 9.52. The van der Waals surface area contributed by atoms with Gasteiger partial charge in [-0.15, -0.1) is 11.8 Å². The van der Waals surface area contributed by atoms with Gasteiger partial charge in [0.1, 0.15) is 10.9 Å². The van der Waals surface area contributed by atoms with E-state index in [1.807, 2.05) is 30.3 Å². The molecular formula is C37H26Cl3N3O5S. The zero-order chi connectivity index (χ0) is 34.9. The fourth-order valence-electron chi connectivity index (χ4n) is 4.54. The molecule has 0 radical (unpaired) electrons. The number of thioether (sulfide) groups is 1. The van der Waals surface area contributed by atoms with Gasteiger partial charge in [-0.1, -0.05) is 89.4 Å². The molecular weight excluding hydrogens is 705 g/mol. The number of halogens is 3. The first-order chi connectivity index (χ1) is 23.6. The third-order valence-corrected chi connectivity index (χ3v) is 9.12. The Morgan fingerprint density at radius 3 is 2.00 bits per heavy atom. The number of benzene rings is 5. The van der Waals surface area contributed by atoms with Crippen molar-refractivity contribution in [1.82, 2.24) is 5.32 Å². The van der Waals surface area contributed by atoms with Crippen LogP contribution in [0.25, 0.3) is 6.08 Å². The molecule has 0 saturated heterocycles. The highest BCUT2D eigenvalue weighted by Gasteiger charge is 2.23. The van der Waals surface area contributed by atoms with Gasteiger partial charge in [0.2, 0.25) is 5.91 Å². The lowest BCUT2D eigenvalue weighted by atomic mass is 10.1. The molecule has 0 heterocycles. The lowest BCUT2D eigenvalue weighted by Gasteiger charge is -2.18. The molecule has 0 bridgehead atoms. The second-order valence-corrected chi connectivity index (χ2v) is 12.8. The smallest absolute Gasteiger partial charge is 0.337 e. The van der Waals surface area contributed by atoms with Crippen molar-refractivity contribution in [3.63, 3.8) is 0 Å². The van der Waals surface area contributed by atoms with Gasteiger partial charge in [-0.3, -0.25) is 14.4 Å². The molecule has 1 unspecified atom stereocenters. The monoisotopic (exact) mass is 729 g/mol. The van der Waals surface area contributed by atoms with Crippen LogP contribution in [-0.4, -0.2) is 28.8 Å². The zero-order valence-corrected chi connectivity index (χ0v) is 28.4. The maximum Gasteiger partial charge on any atom is 0.337 e. The van der Waals surface area contributed by atoms with E-state index in [1.54, 1.807) is 66.7 Å². The van der Waals surface area contributed by atoms with Crippen LogP contribution in [0.1, 0.15) is 37.1 Å². The molecule has 8 nitrogen and oxygen atoms in total. The van der Waals surface area contributed by atoms with Crippen molar-refractivity contribution in [3.8, 4) is 0 Å². The Bertz CT molecular complexity index is 2040. The predicted molar refractivity (Wildman–Crippen MR) is 195 cm³/mol. The molecule has 1 atom stereocenters. The molecule has 0 spiro atoms. The fraction of sp³-hybridized carbons (Fsp3) is 0.0270. The predicted octanol–water partition coefficient (Wildman–Crippen LogP) is 9.23. The quantitative estimate of drug-likeness (QED) is 0.0794. The van der Waals surface area contributed by atoms with Crippen molar-refractivity contribution in [1.29, 1.82) is 0 Å². The first-order valence-electron chi connectivity index (χ1n) is 14.6. The molecule has 12 heteroatoms. The standard InChI is InChI=1S/C37H26Cl3N3O5S/c38-25-12-11-24(31(40)20-25)19-32(43-34(44)23-9-5-2-6-10-23)35(45)41-26-13-16-28(17-14-26)49-33(22-7-3-1-4-8-22)36(46)42-27-15-18-30(39)29(21-27)37(47)48/h1-21,33H,(H,41,45)(H,42,46)(H,43,44)(H,47,48)/b32-19-. The van der Waals surface area contributed by atoms with Gasteiger partial charge in [0.15, 0.2) is 0 Å². The van der Waals surface area contributed by atoms with Crippen LogP contribution in [0.3, 0.4) is 0 Å². The SMILES string of the molecule is O=C(Nc1ccc(SC(C(=O)Nc2ccc(Cl)c(C(=O)O)c2)c2ccccc2)cc1)/C(=C/c1ccc(Cl)cc1Cl)NC(=O)c1ccccc1. The zero-order valence-electron chi connectivity index (χ0n) is 25.3. The Morgan fingerprint density at radius 1 is 0.694 bits per heavy atom. The second kappa shape index (κ2) is 16.4. The molecule has 0 saturated carbocycles. The van der Waals surface area contributed by atoms with Gasteiger partial charge in [-0.05, 0) is 83.9 Å². The number of nitrogens with one attached hydrogen (secondary N) is 3. The minimum Gasteiger partial charge on any atom is -0.478 e. The molecule has 0 fully saturated rings. The number of hydrogen-bond acceptors (Lipinski definition) is 5. The third-order valence-electron chi connectivity index (χ3n) is 6.96. The number of amides is 3. The van der Waals surface area contributed by atoms with Gasteiger partial charge in [-0.2, -0.15) is 0 Å². The summed E-state index contributed by atoms with van der Waals surface area (Å²) in [5.41, 5.74) is 2.09. The van der Waals surface area contributed by atoms with Crippen LogP contribution in [0.15, 0.2) is 132 Å². The molecule has 0 aromatic heterocycles. The molecule has 3 amide bonds. The van der Waals surface area contributed by atoms with Crippen LogP contribution >= 0.6 is 46.6 Å². The van der Waals surface area contributed by atoms with E-state index < -0.39 is 23.0 Å². The molecule has 0 aliphatic heterocycles. The number of anilines is 2. The van der Waals surface area contributed by atoms with E-state index in [9.17, 15) is 24.3 Å². The number of rotatable bonds is 11. The van der Waals surface area contributed by atoms with E-state index in [0.29, 0.717) is 31.8 Å². The highest BCUT2D eigenvalue weighted by atomic mass is 35.5. The maximum absolute atomic E-state index is 13.5. The topological polar surface area (TPSA) is 125 Å². The number of hydrogen-bond donors (Lipinski definition) is 4. The summed E-state index contributed by atoms with van der Waals surface area (Å²) in [5.74, 6) is -2.67. The Morgan fingerprint density at radius 2 is 1.35 bits per heavy atom. The largest absolute Gasteiger partial charge is 0.478 e. The lowest BCUT2D eigenvalue weighted by Crippen LogP contribution is -2.30. The summed E-state index contributed by atoms with van der Waals surface area (Å²) in [6, 6.07) is 33.4. The van der Waals surface area contributed by atoms with Gasteiger partial charge >= 0.3 is 5.97 Å². The van der Waals surface area contributed by atoms with Crippen molar-refractivity contribution in [2.75, 3.05) is 10.6 Å². The molecule has 5 rings (SSSR count). The van der Waals surface area contributed by atoms with Gasteiger partial charge in [0, 0.05) is 31.9 Å². The number of carboxylic acids is 1. The summed E-state index contributed by atoms with van der Waals surface area (Å²) in [6.07, 6.45) is 1.46. The van der Waals surface area contributed by atoms with Gasteiger partial charge in [0.25, 0.3) is 11.8 Å². The molecule has 5 aromatic rings. The van der Waals surface area contributed by atoms with E-state index in [1.165, 1.54) is 42.1 Å². The summed E-state index contributed by atoms with van der Waals surface area (Å²) in [6.45, 7) is 0. The normalized spacial score (nSPS) is 11.7. The van der Waals surface area contributed by atoms with Crippen molar-refractivity contribution in [3.05, 3.63) is 164 Å². The van der Waals surface area contributed by atoms with E-state index >= 15 is 0 Å². The van der Waals surface area contributed by atoms with E-state index in [-0.39, 0.29) is 27.9 Å². The highest BCUT2D eigenvalue weighted by molar-refractivity contribution is 8.00. The fourth-order valence-corrected chi connectivity index (χ4v) is 6.23. The van der Waals surface area contributed by atoms with E-state index in [0.717, 1.165) is 5.56 Å². The maximum atomic E-state index is 13.5. The van der Waals surface area contributed by atoms with Crippen molar-refractivity contribution in [2.45, 2.75) is 10.1 Å². The van der Waals surface area contributed by atoms with Crippen molar-refractivity contribution < 1.29 is 24.3 Å². The Balaban J connectivity index is 1.34. The summed E-state index contributed by atoms with van der Waals surface area (Å²) in [5, 5.41) is 17.8. The van der Waals surface area contributed by atoms with Crippen LogP contribution < -0.4 is 16.0 Å². The first-order valence-corrected chi connectivity index (χ1v) is 16.6. The van der Waals surface area contributed by atoms with E-state index in [2.05, 4.69) is 16.0 Å². The van der Waals surface area contributed by atoms with Gasteiger partial charge < -0.3 is 21.1 Å². The van der Waals surface area contributed by atoms with Crippen LogP contribution in [0.2, 0.25) is 15.1 Å². The minimum atomic E-state index is -1.21. The van der Waals surface area contributed by atoms with Gasteiger partial charge in [0.05, 0.1) is 10.6 Å². The van der Waals surface area contributed by atoms with Crippen LogP contribution in [0, 0.1) is 0 Å². The number of carbonyl (C=O) groups is 4. The number of carboxylic acid groups (broad SMARTS) is 1. The average molecular weight is 731 g/mol. The molecule has 4 N–H and O–H groups in total. The van der Waals surface area contributed by atoms with Crippen LogP contribution in [0.5, 0.6) is 0 Å². The van der Waals surface area contributed by atoms with Gasteiger partial charge in [-0.25, -0.2) is 4.79 Å². The average Bonchev–Trinajstić information content (AvgIpc) is 3.10. The summed E-state index contributed by atoms with van der Waals surface area (Å²) >= 11 is 19.7. The minimum absolute atomic E-state index is 0.0504. The lowest BCUT2D eigenvalue weighted by molar-refractivity contribution is -0.116. The second-order valence-electron chi connectivity index (χ2n) is 10.4. The first kappa shape index (κ1) is 35.3. The highest BCUT2D eigenvalue weighted by Crippen LogP contribution is 2.37. The molecule has 49 heavy (non-hydrogen) atoms. The summed E-state index contributed by atoms with van der Waals surface area (Å²) < 4.78 is 0. The number of carbonyl (C=O) groups excluding carboxylic acids is 3. The summed E-state index contributed by atoms with van der Waals surface area (Å²) in [4.78, 5) is 52.3. The molecule has 5 aromatic carbocycles. The van der Waals surface area contributed by atoms with Crippen molar-refractivity contribution >= 4 is 87.7 Å². The van der Waals surface area contributed by atoms with Crippen LogP contribution in [-0.2, 0) is 9.59 Å². The molecule has 0 aliphatic carbocycles. The Kier molecular flexibility index (Phi) is 11.8. The molecule has 0 aliphatic rings. The Hall–Kier alpha value is -5.06.